The molecule has 1 aliphatic rings. The van der Waals surface area contributed by atoms with Gasteiger partial charge in [-0.25, -0.2) is 0 Å². The van der Waals surface area contributed by atoms with E-state index in [9.17, 15) is 4.79 Å². The van der Waals surface area contributed by atoms with Crippen LogP contribution in [-0.2, 0) is 11.3 Å². The summed E-state index contributed by atoms with van der Waals surface area (Å²) in [5.41, 5.74) is 0. The monoisotopic (exact) mass is 291 g/mol. The van der Waals surface area contributed by atoms with Crippen molar-refractivity contribution in [3.05, 3.63) is 24.2 Å². The van der Waals surface area contributed by atoms with Crippen LogP contribution in [0.1, 0.15) is 25.1 Å². The van der Waals surface area contributed by atoms with Gasteiger partial charge in [-0.05, 0) is 37.4 Å². The van der Waals surface area contributed by atoms with Crippen molar-refractivity contribution in [2.24, 2.45) is 5.92 Å². The van der Waals surface area contributed by atoms with Crippen molar-refractivity contribution in [2.45, 2.75) is 25.8 Å². The number of likely N-dealkylation sites (tertiary alicyclic amines) is 1. The van der Waals surface area contributed by atoms with Gasteiger partial charge in [0.2, 0.25) is 0 Å². The van der Waals surface area contributed by atoms with Gasteiger partial charge >= 0.3 is 5.97 Å². The highest BCUT2D eigenvalue weighted by atomic mass is 16.5. The highest BCUT2D eigenvalue weighted by Gasteiger charge is 2.23. The van der Waals surface area contributed by atoms with Crippen molar-refractivity contribution in [3.63, 3.8) is 0 Å². The fourth-order valence-corrected chi connectivity index (χ4v) is 2.73. The zero-order chi connectivity index (χ0) is 14.7. The lowest BCUT2D eigenvalue weighted by molar-refractivity contribution is -0.138. The van der Waals surface area contributed by atoms with Crippen LogP contribution in [0.15, 0.2) is 27.3 Å². The third-order valence-corrected chi connectivity index (χ3v) is 3.63. The number of carbonyl (C=O) groups is 1. The molecule has 0 saturated carbocycles. The molecule has 1 saturated heterocycles. The molecule has 1 atom stereocenters. The summed E-state index contributed by atoms with van der Waals surface area (Å²) in [7, 11) is 0. The smallest absolute Gasteiger partial charge is 0.303 e. The number of furan rings is 1. The number of rotatable bonds is 5. The van der Waals surface area contributed by atoms with Gasteiger partial charge in [0.25, 0.3) is 5.89 Å². The maximum Gasteiger partial charge on any atom is 0.303 e. The molecule has 7 heteroatoms. The first-order chi connectivity index (χ1) is 10.2. The van der Waals surface area contributed by atoms with Crippen LogP contribution >= 0.6 is 0 Å². The molecule has 0 bridgehead atoms. The van der Waals surface area contributed by atoms with E-state index in [0.717, 1.165) is 25.9 Å². The summed E-state index contributed by atoms with van der Waals surface area (Å²) in [5, 5.41) is 12.8. The van der Waals surface area contributed by atoms with E-state index < -0.39 is 5.97 Å². The molecule has 0 aromatic carbocycles. The molecule has 1 aliphatic heterocycles. The van der Waals surface area contributed by atoms with Gasteiger partial charge in [0.05, 0.1) is 12.8 Å². The molecular weight excluding hydrogens is 274 g/mol. The third-order valence-electron chi connectivity index (χ3n) is 3.63. The van der Waals surface area contributed by atoms with Gasteiger partial charge in [-0.15, -0.1) is 0 Å². The van der Waals surface area contributed by atoms with E-state index in [4.69, 9.17) is 14.0 Å². The highest BCUT2D eigenvalue weighted by molar-refractivity contribution is 5.67. The molecule has 7 nitrogen and oxygen atoms in total. The average molecular weight is 291 g/mol. The quantitative estimate of drug-likeness (QED) is 0.900. The minimum Gasteiger partial charge on any atom is -0.481 e. The van der Waals surface area contributed by atoms with Gasteiger partial charge in [-0.2, -0.15) is 4.98 Å². The lowest BCUT2D eigenvalue weighted by atomic mass is 9.95. The molecule has 0 radical (unpaired) electrons. The SMILES string of the molecule is O=C(O)CC1CCCN(Cc2noc(-c3ccco3)n2)C1. The van der Waals surface area contributed by atoms with Crippen LogP contribution in [0.4, 0.5) is 0 Å². The molecule has 2 aromatic heterocycles. The first-order valence-electron chi connectivity index (χ1n) is 7.01. The zero-order valence-corrected chi connectivity index (χ0v) is 11.6. The number of aromatic nitrogens is 2. The second-order valence-electron chi connectivity index (χ2n) is 5.33. The number of piperidine rings is 1. The Morgan fingerprint density at radius 2 is 2.43 bits per heavy atom. The van der Waals surface area contributed by atoms with Gasteiger partial charge in [0.15, 0.2) is 11.6 Å². The summed E-state index contributed by atoms with van der Waals surface area (Å²) < 4.78 is 10.4. The van der Waals surface area contributed by atoms with Crippen molar-refractivity contribution in [2.75, 3.05) is 13.1 Å². The van der Waals surface area contributed by atoms with E-state index in [1.54, 1.807) is 18.4 Å². The van der Waals surface area contributed by atoms with Crippen LogP contribution in [0.2, 0.25) is 0 Å². The number of hydrogen-bond acceptors (Lipinski definition) is 6. The molecule has 0 spiro atoms. The van der Waals surface area contributed by atoms with Gasteiger partial charge in [0, 0.05) is 13.0 Å². The molecule has 2 aromatic rings. The second kappa shape index (κ2) is 6.09. The molecule has 1 N–H and O–H groups in total. The molecule has 0 amide bonds. The van der Waals surface area contributed by atoms with Crippen LogP contribution in [0.5, 0.6) is 0 Å². The number of carboxylic acid groups (broad SMARTS) is 1. The Morgan fingerprint density at radius 1 is 1.52 bits per heavy atom. The van der Waals surface area contributed by atoms with E-state index >= 15 is 0 Å². The lowest BCUT2D eigenvalue weighted by Crippen LogP contribution is -2.36. The van der Waals surface area contributed by atoms with Gasteiger partial charge < -0.3 is 14.0 Å². The molecule has 3 rings (SSSR count). The topological polar surface area (TPSA) is 92.6 Å². The van der Waals surface area contributed by atoms with Crippen molar-refractivity contribution in [1.82, 2.24) is 15.0 Å². The average Bonchev–Trinajstić information content (AvgIpc) is 3.08. The normalized spacial score (nSPS) is 19.7. The highest BCUT2D eigenvalue weighted by Crippen LogP contribution is 2.22. The first-order valence-corrected chi connectivity index (χ1v) is 7.01. The van der Waals surface area contributed by atoms with E-state index in [1.165, 1.54) is 0 Å². The maximum atomic E-state index is 10.8. The van der Waals surface area contributed by atoms with Crippen LogP contribution in [0, 0.1) is 5.92 Å². The molecule has 112 valence electrons. The summed E-state index contributed by atoms with van der Waals surface area (Å²) in [6.07, 6.45) is 3.74. The van der Waals surface area contributed by atoms with Crippen LogP contribution in [-0.4, -0.2) is 39.2 Å². The van der Waals surface area contributed by atoms with Gasteiger partial charge in [-0.3, -0.25) is 9.69 Å². The summed E-state index contributed by atoms with van der Waals surface area (Å²) in [6.45, 7) is 2.26. The second-order valence-corrected chi connectivity index (χ2v) is 5.33. The minimum absolute atomic E-state index is 0.202. The molecule has 0 aliphatic carbocycles. The lowest BCUT2D eigenvalue weighted by Gasteiger charge is -2.30. The fourth-order valence-electron chi connectivity index (χ4n) is 2.73. The van der Waals surface area contributed by atoms with E-state index in [2.05, 4.69) is 15.0 Å². The Balaban J connectivity index is 1.60. The third kappa shape index (κ3) is 3.49. The Kier molecular flexibility index (Phi) is 4.01. The van der Waals surface area contributed by atoms with Gasteiger partial charge in [-0.1, -0.05) is 5.16 Å². The van der Waals surface area contributed by atoms with Crippen LogP contribution in [0.25, 0.3) is 11.7 Å². The predicted molar refractivity (Wildman–Crippen MR) is 72.3 cm³/mol. The van der Waals surface area contributed by atoms with Crippen molar-refractivity contribution >= 4 is 5.97 Å². The molecular formula is C14H17N3O4. The molecule has 1 unspecified atom stereocenters. The number of aliphatic carboxylic acids is 1. The Hall–Kier alpha value is -2.15. The Labute approximate surface area is 121 Å². The van der Waals surface area contributed by atoms with Crippen molar-refractivity contribution < 1.29 is 18.8 Å². The van der Waals surface area contributed by atoms with E-state index in [0.29, 0.717) is 24.0 Å². The fraction of sp³-hybridized carbons (Fsp3) is 0.500. The summed E-state index contributed by atoms with van der Waals surface area (Å²) in [5.74, 6) is 0.983. The summed E-state index contributed by atoms with van der Waals surface area (Å²) in [6, 6.07) is 3.53. The maximum absolute atomic E-state index is 10.8. The molecule has 3 heterocycles. The van der Waals surface area contributed by atoms with Crippen molar-refractivity contribution in [3.8, 4) is 11.7 Å². The minimum atomic E-state index is -0.735. The molecule has 21 heavy (non-hydrogen) atoms. The van der Waals surface area contributed by atoms with Gasteiger partial charge in [0.1, 0.15) is 0 Å². The number of carboxylic acids is 1. The number of nitrogens with zero attached hydrogens (tertiary/aromatic N) is 3. The summed E-state index contributed by atoms with van der Waals surface area (Å²) >= 11 is 0. The predicted octanol–water partition coefficient (Wildman–Crippen LogP) is 2.02. The largest absolute Gasteiger partial charge is 0.481 e. The van der Waals surface area contributed by atoms with Crippen LogP contribution in [0.3, 0.4) is 0 Å². The van der Waals surface area contributed by atoms with E-state index in [-0.39, 0.29) is 12.3 Å². The Bertz CT molecular complexity index is 593. The summed E-state index contributed by atoms with van der Waals surface area (Å²) in [4.78, 5) is 17.3. The standard InChI is InChI=1S/C14H17N3O4/c18-13(19)7-10-3-1-5-17(8-10)9-12-15-14(21-16-12)11-4-2-6-20-11/h2,4,6,10H,1,3,5,7-9H2,(H,18,19). The molecule has 1 fully saturated rings. The number of hydrogen-bond donors (Lipinski definition) is 1. The van der Waals surface area contributed by atoms with Crippen LogP contribution < -0.4 is 0 Å². The van der Waals surface area contributed by atoms with Crippen molar-refractivity contribution in [1.29, 1.82) is 0 Å². The zero-order valence-electron chi connectivity index (χ0n) is 11.6. The first kappa shape index (κ1) is 13.8. The van der Waals surface area contributed by atoms with E-state index in [1.807, 2.05) is 0 Å². The Morgan fingerprint density at radius 3 is 3.19 bits per heavy atom.